The average Bonchev–Trinajstić information content (AvgIpc) is 2.42. The van der Waals surface area contributed by atoms with Gasteiger partial charge >= 0.3 is 5.97 Å². The second-order valence-electron chi connectivity index (χ2n) is 5.21. The number of piperidine rings is 1. The van der Waals surface area contributed by atoms with Crippen molar-refractivity contribution in [1.29, 1.82) is 0 Å². The smallest absolute Gasteiger partial charge is 0.304 e. The molecule has 0 aromatic carbocycles. The number of nitrogens with zero attached hydrogens (tertiary/aromatic N) is 2. The lowest BCUT2D eigenvalue weighted by Crippen LogP contribution is -2.43. The molecule has 1 heterocycles. The Labute approximate surface area is 115 Å². The third kappa shape index (κ3) is 6.57. The lowest BCUT2D eigenvalue weighted by molar-refractivity contribution is -0.138. The van der Waals surface area contributed by atoms with E-state index in [-0.39, 0.29) is 12.3 Å². The van der Waals surface area contributed by atoms with Gasteiger partial charge in [0.15, 0.2) is 0 Å². The lowest BCUT2D eigenvalue weighted by Gasteiger charge is -2.29. The lowest BCUT2D eigenvalue weighted by atomic mass is 10.1. The first-order chi connectivity index (χ1) is 9.13. The van der Waals surface area contributed by atoms with Crippen molar-refractivity contribution >= 4 is 11.9 Å². The molecule has 19 heavy (non-hydrogen) atoms. The fraction of sp³-hybridized carbons (Fsp3) is 0.857. The SMILES string of the molecule is CCCCN(CCC(=O)O)CC(=O)N1CCCCC1. The van der Waals surface area contributed by atoms with E-state index in [1.54, 1.807) is 0 Å². The molecule has 1 N–H and O–H groups in total. The van der Waals surface area contributed by atoms with E-state index < -0.39 is 5.97 Å². The minimum Gasteiger partial charge on any atom is -0.481 e. The van der Waals surface area contributed by atoms with Gasteiger partial charge in [-0.1, -0.05) is 13.3 Å². The molecule has 1 aliphatic heterocycles. The highest BCUT2D eigenvalue weighted by Crippen LogP contribution is 2.09. The van der Waals surface area contributed by atoms with Gasteiger partial charge in [-0.3, -0.25) is 14.5 Å². The summed E-state index contributed by atoms with van der Waals surface area (Å²) in [7, 11) is 0. The van der Waals surface area contributed by atoms with E-state index >= 15 is 0 Å². The minimum atomic E-state index is -0.799. The number of carboxylic acid groups (broad SMARTS) is 1. The van der Waals surface area contributed by atoms with E-state index in [0.29, 0.717) is 13.1 Å². The molecule has 0 bridgehead atoms. The third-order valence-electron chi connectivity index (χ3n) is 3.54. The molecule has 1 fully saturated rings. The van der Waals surface area contributed by atoms with Crippen LogP contribution in [-0.2, 0) is 9.59 Å². The molecule has 0 aliphatic carbocycles. The summed E-state index contributed by atoms with van der Waals surface area (Å²) in [5, 5.41) is 8.75. The van der Waals surface area contributed by atoms with Crippen molar-refractivity contribution in [3.05, 3.63) is 0 Å². The molecular formula is C14H26N2O3. The highest BCUT2D eigenvalue weighted by Gasteiger charge is 2.19. The van der Waals surface area contributed by atoms with Crippen molar-refractivity contribution in [1.82, 2.24) is 9.80 Å². The number of aliphatic carboxylic acids is 1. The first-order valence-corrected chi connectivity index (χ1v) is 7.35. The molecule has 1 amide bonds. The third-order valence-corrected chi connectivity index (χ3v) is 3.54. The summed E-state index contributed by atoms with van der Waals surface area (Å²) in [5.41, 5.74) is 0. The van der Waals surface area contributed by atoms with Crippen LogP contribution in [0.2, 0.25) is 0 Å². The van der Waals surface area contributed by atoms with E-state index in [9.17, 15) is 9.59 Å². The van der Waals surface area contributed by atoms with Crippen LogP contribution in [0.3, 0.4) is 0 Å². The second kappa shape index (κ2) is 8.91. The molecule has 110 valence electrons. The number of carbonyl (C=O) groups excluding carboxylic acids is 1. The summed E-state index contributed by atoms with van der Waals surface area (Å²) in [4.78, 5) is 26.7. The van der Waals surface area contributed by atoms with Crippen LogP contribution in [0.4, 0.5) is 0 Å². The van der Waals surface area contributed by atoms with Gasteiger partial charge in [0.2, 0.25) is 5.91 Å². The van der Waals surface area contributed by atoms with Crippen LogP contribution in [-0.4, -0.2) is 59.5 Å². The van der Waals surface area contributed by atoms with Gasteiger partial charge in [-0.15, -0.1) is 0 Å². The molecule has 0 aromatic rings. The summed E-state index contributed by atoms with van der Waals surface area (Å²) in [6, 6.07) is 0. The Morgan fingerprint density at radius 1 is 1.16 bits per heavy atom. The highest BCUT2D eigenvalue weighted by molar-refractivity contribution is 5.78. The Kier molecular flexibility index (Phi) is 7.48. The van der Waals surface area contributed by atoms with Gasteiger partial charge in [0, 0.05) is 19.6 Å². The topological polar surface area (TPSA) is 60.9 Å². The maximum atomic E-state index is 12.2. The van der Waals surface area contributed by atoms with Crippen molar-refractivity contribution in [2.24, 2.45) is 0 Å². The zero-order chi connectivity index (χ0) is 14.1. The molecule has 0 radical (unpaired) electrons. The zero-order valence-electron chi connectivity index (χ0n) is 11.9. The van der Waals surface area contributed by atoms with Gasteiger partial charge in [0.05, 0.1) is 13.0 Å². The van der Waals surface area contributed by atoms with Crippen molar-refractivity contribution in [2.45, 2.75) is 45.4 Å². The molecule has 0 aromatic heterocycles. The fourth-order valence-electron chi connectivity index (χ4n) is 2.34. The Bertz CT molecular complexity index is 288. The van der Waals surface area contributed by atoms with E-state index in [2.05, 4.69) is 6.92 Å². The van der Waals surface area contributed by atoms with Gasteiger partial charge in [0.25, 0.3) is 0 Å². The minimum absolute atomic E-state index is 0.108. The van der Waals surface area contributed by atoms with E-state index in [4.69, 9.17) is 5.11 Å². The normalized spacial score (nSPS) is 15.8. The van der Waals surface area contributed by atoms with E-state index in [1.807, 2.05) is 9.80 Å². The fourth-order valence-corrected chi connectivity index (χ4v) is 2.34. The molecule has 1 rings (SSSR count). The van der Waals surface area contributed by atoms with Crippen molar-refractivity contribution in [2.75, 3.05) is 32.7 Å². The number of unbranched alkanes of at least 4 members (excludes halogenated alkanes) is 1. The summed E-state index contributed by atoms with van der Waals surface area (Å²) in [5.74, 6) is -0.645. The van der Waals surface area contributed by atoms with Gasteiger partial charge in [-0.2, -0.15) is 0 Å². The number of amides is 1. The van der Waals surface area contributed by atoms with Crippen LogP contribution in [0.5, 0.6) is 0 Å². The Morgan fingerprint density at radius 3 is 2.42 bits per heavy atom. The first kappa shape index (κ1) is 16.0. The first-order valence-electron chi connectivity index (χ1n) is 7.35. The van der Waals surface area contributed by atoms with Crippen LogP contribution < -0.4 is 0 Å². The van der Waals surface area contributed by atoms with Crippen LogP contribution in [0, 0.1) is 0 Å². The molecule has 5 nitrogen and oxygen atoms in total. The molecule has 0 atom stereocenters. The van der Waals surface area contributed by atoms with Crippen LogP contribution in [0.15, 0.2) is 0 Å². The van der Waals surface area contributed by atoms with Gasteiger partial charge in [0.1, 0.15) is 0 Å². The van der Waals surface area contributed by atoms with Crippen LogP contribution in [0.1, 0.15) is 45.4 Å². The number of hydrogen-bond acceptors (Lipinski definition) is 3. The molecular weight excluding hydrogens is 244 g/mol. The van der Waals surface area contributed by atoms with E-state index in [0.717, 1.165) is 45.3 Å². The zero-order valence-corrected chi connectivity index (χ0v) is 11.9. The Morgan fingerprint density at radius 2 is 1.84 bits per heavy atom. The molecule has 1 saturated heterocycles. The van der Waals surface area contributed by atoms with Crippen molar-refractivity contribution in [3.8, 4) is 0 Å². The van der Waals surface area contributed by atoms with Crippen LogP contribution >= 0.6 is 0 Å². The number of rotatable bonds is 8. The summed E-state index contributed by atoms with van der Waals surface area (Å²) in [6.07, 6.45) is 5.57. The standard InChI is InChI=1S/C14H26N2O3/c1-2-3-8-15(11-7-14(18)19)12-13(17)16-9-5-4-6-10-16/h2-12H2,1H3,(H,18,19). The summed E-state index contributed by atoms with van der Waals surface area (Å²) < 4.78 is 0. The molecule has 5 heteroatoms. The highest BCUT2D eigenvalue weighted by atomic mass is 16.4. The van der Waals surface area contributed by atoms with Crippen LogP contribution in [0.25, 0.3) is 0 Å². The predicted molar refractivity (Wildman–Crippen MR) is 74.0 cm³/mol. The number of likely N-dealkylation sites (tertiary alicyclic amines) is 1. The average molecular weight is 270 g/mol. The summed E-state index contributed by atoms with van der Waals surface area (Å²) in [6.45, 7) is 5.46. The summed E-state index contributed by atoms with van der Waals surface area (Å²) >= 11 is 0. The molecule has 0 saturated carbocycles. The maximum Gasteiger partial charge on any atom is 0.304 e. The second-order valence-corrected chi connectivity index (χ2v) is 5.21. The monoisotopic (exact) mass is 270 g/mol. The Hall–Kier alpha value is -1.10. The molecule has 0 unspecified atom stereocenters. The number of carboxylic acids is 1. The Balaban J connectivity index is 2.39. The van der Waals surface area contributed by atoms with E-state index in [1.165, 1.54) is 6.42 Å². The maximum absolute atomic E-state index is 12.2. The van der Waals surface area contributed by atoms with Crippen molar-refractivity contribution < 1.29 is 14.7 Å². The van der Waals surface area contributed by atoms with Gasteiger partial charge in [-0.05, 0) is 32.2 Å². The predicted octanol–water partition coefficient (Wildman–Crippen LogP) is 1.58. The number of hydrogen-bond donors (Lipinski definition) is 1. The molecule has 0 spiro atoms. The van der Waals surface area contributed by atoms with Crippen molar-refractivity contribution in [3.63, 3.8) is 0 Å². The van der Waals surface area contributed by atoms with Gasteiger partial charge < -0.3 is 10.0 Å². The number of carbonyl (C=O) groups is 2. The quantitative estimate of drug-likeness (QED) is 0.727. The molecule has 1 aliphatic rings. The largest absolute Gasteiger partial charge is 0.481 e. The van der Waals surface area contributed by atoms with Gasteiger partial charge in [-0.25, -0.2) is 0 Å².